The second kappa shape index (κ2) is 33.6. The second-order valence-electron chi connectivity index (χ2n) is 25.2. The molecule has 4 aromatic carbocycles. The van der Waals surface area contributed by atoms with E-state index in [2.05, 4.69) is 0 Å². The summed E-state index contributed by atoms with van der Waals surface area (Å²) in [5.74, 6) is -0.453. The van der Waals surface area contributed by atoms with E-state index in [1.54, 1.807) is 90.1 Å². The molecule has 4 heterocycles. The van der Waals surface area contributed by atoms with E-state index in [1.807, 2.05) is 6.92 Å². The number of nitrogens with zero attached hydrogens (tertiary/aromatic N) is 6. The minimum atomic E-state index is -1.86. The highest BCUT2D eigenvalue weighted by Crippen LogP contribution is 2.39. The lowest BCUT2D eigenvalue weighted by atomic mass is 9.89. The molecular formula is C71H84Cl2F2N6O17. The Balaban J connectivity index is 0.000000276. The zero-order valence-corrected chi connectivity index (χ0v) is 58.3. The largest absolute Gasteiger partial charge is 0.494 e. The van der Waals surface area contributed by atoms with Crippen molar-refractivity contribution in [1.82, 2.24) is 29.6 Å². The van der Waals surface area contributed by atoms with Crippen molar-refractivity contribution < 1.29 is 90.8 Å². The number of carbonyl (C=O) groups excluding carboxylic acids is 6. The van der Waals surface area contributed by atoms with Crippen molar-refractivity contribution in [2.24, 2.45) is 0 Å². The molecule has 0 radical (unpaired) electrons. The summed E-state index contributed by atoms with van der Waals surface area (Å²) in [5, 5.41) is 33.5. The van der Waals surface area contributed by atoms with Crippen LogP contribution in [0.4, 0.5) is 18.4 Å². The molecule has 2 unspecified atom stereocenters. The van der Waals surface area contributed by atoms with Crippen LogP contribution >= 0.6 is 23.2 Å². The molecule has 2 aliphatic heterocycles. The van der Waals surface area contributed by atoms with Crippen LogP contribution in [0.3, 0.4) is 0 Å². The van der Waals surface area contributed by atoms with Gasteiger partial charge in [0.2, 0.25) is 11.8 Å². The van der Waals surface area contributed by atoms with E-state index in [0.717, 1.165) is 6.42 Å². The molecule has 98 heavy (non-hydrogen) atoms. The van der Waals surface area contributed by atoms with Gasteiger partial charge in [0.25, 0.3) is 0 Å². The number of hydrogen-bond donors (Lipinski definition) is 3. The first-order valence-electron chi connectivity index (χ1n) is 31.6. The number of aromatic nitrogens is 2. The Labute approximate surface area is 578 Å². The number of pyridine rings is 2. The molecule has 2 aliphatic rings. The first-order valence-corrected chi connectivity index (χ1v) is 32.4. The third-order valence-corrected chi connectivity index (χ3v) is 16.2. The molecular weight excluding hydrogens is 1320 g/mol. The summed E-state index contributed by atoms with van der Waals surface area (Å²) in [4.78, 5) is 93.9. The van der Waals surface area contributed by atoms with Crippen molar-refractivity contribution in [1.29, 1.82) is 0 Å². The fraction of sp³-hybridized carbons (Fsp3) is 0.437. The van der Waals surface area contributed by atoms with Gasteiger partial charge in [-0.3, -0.25) is 29.0 Å². The Kier molecular flexibility index (Phi) is 26.2. The van der Waals surface area contributed by atoms with Gasteiger partial charge < -0.3 is 63.0 Å². The van der Waals surface area contributed by atoms with E-state index in [1.165, 1.54) is 96.6 Å². The first-order chi connectivity index (χ1) is 46.3. The fourth-order valence-corrected chi connectivity index (χ4v) is 10.9. The Morgan fingerprint density at radius 2 is 0.898 bits per heavy atom. The van der Waals surface area contributed by atoms with Gasteiger partial charge in [-0.25, -0.2) is 28.3 Å². The predicted octanol–water partition coefficient (Wildman–Crippen LogP) is 11.1. The van der Waals surface area contributed by atoms with Gasteiger partial charge in [0.05, 0.1) is 76.2 Å². The topological polar surface area (TPSA) is 276 Å². The summed E-state index contributed by atoms with van der Waals surface area (Å²) in [7, 11) is 5.80. The maximum absolute atomic E-state index is 14.0. The number of aliphatic hydroxyl groups excluding tert-OH is 1. The summed E-state index contributed by atoms with van der Waals surface area (Å²) >= 11 is 12.1. The van der Waals surface area contributed by atoms with E-state index in [9.17, 15) is 47.8 Å². The van der Waals surface area contributed by atoms with Crippen LogP contribution in [0.2, 0.25) is 10.0 Å². The standard InChI is InChI=1S/C36H43ClFN3O8.C35H41ClFN3O9/c1-7-18-48-28-11-9-23(20-30(28)47-6)27(42)14-15-36(45,22-41-17-16-40(21-32(41)43)34(44)49-35(2,3)4)31-13-12-29(46-5)33(39-31)24-8-10-26(38)25(37)19-24;1-34(2,3)49-33(44)39-14-15-40(31(43)20-39)21-35(45,13-12-26(42)22-7-9-27(48-17-16-41)29(19-22)47-5)30-11-10-28(46-4)32(38-30)23-6-8-25(37)24(36)18-23/h8-13,19-20,45H,7,14-18,21-22H2,1-6H3;6-11,18-19,41,45H,12-17,20-21H2,1-5H3. The average Bonchev–Trinajstić information content (AvgIpc) is 0.785. The molecule has 0 spiro atoms. The van der Waals surface area contributed by atoms with Crippen molar-refractivity contribution >= 4 is 58.8 Å². The number of ether oxygens (including phenoxy) is 8. The Bertz CT molecular complexity index is 3610. The van der Waals surface area contributed by atoms with Crippen LogP contribution in [0.15, 0.2) is 97.1 Å². The van der Waals surface area contributed by atoms with Crippen LogP contribution < -0.4 is 28.4 Å². The number of methoxy groups -OCH3 is 4. The van der Waals surface area contributed by atoms with Crippen molar-refractivity contribution in [3.63, 3.8) is 0 Å². The smallest absolute Gasteiger partial charge is 0.410 e. The quantitative estimate of drug-likeness (QED) is 0.0426. The van der Waals surface area contributed by atoms with Gasteiger partial charge in [-0.15, -0.1) is 0 Å². The molecule has 2 aromatic heterocycles. The zero-order valence-electron chi connectivity index (χ0n) is 56.8. The molecule has 528 valence electrons. The molecule has 2 atom stereocenters. The van der Waals surface area contributed by atoms with E-state index in [0.29, 0.717) is 63.4 Å². The molecule has 0 bridgehead atoms. The number of amides is 4. The second-order valence-corrected chi connectivity index (χ2v) is 26.1. The number of rotatable bonds is 26. The lowest BCUT2D eigenvalue weighted by Crippen LogP contribution is -2.56. The van der Waals surface area contributed by atoms with Crippen molar-refractivity contribution in [2.75, 3.05) is 101 Å². The molecule has 8 rings (SSSR count). The zero-order chi connectivity index (χ0) is 71.9. The molecule has 3 N–H and O–H groups in total. The maximum atomic E-state index is 14.0. The first kappa shape index (κ1) is 76.5. The molecule has 0 saturated carbocycles. The summed E-state index contributed by atoms with van der Waals surface area (Å²) < 4.78 is 71.9. The SMILES string of the molecule is CCCOc1ccc(C(=O)CCC(O)(CN2CCN(C(=O)OC(C)(C)C)CC2=O)c2ccc(OC)c(-c3ccc(F)c(Cl)c3)n2)cc1OC.COc1cc(C(=O)CCC(O)(CN2CCN(C(=O)OC(C)(C)C)CC2=O)c2ccc(OC)c(-c3ccc(F)c(Cl)c3)n2)ccc1OCCO. The molecule has 2 fully saturated rings. The van der Waals surface area contributed by atoms with Crippen LogP contribution in [0.1, 0.15) is 113 Å². The van der Waals surface area contributed by atoms with Gasteiger partial charge in [0, 0.05) is 61.3 Å². The number of Topliss-reactive ketones (excluding diaryl/α,β-unsaturated/α-hetero) is 2. The van der Waals surface area contributed by atoms with Crippen LogP contribution in [-0.4, -0.2) is 192 Å². The lowest BCUT2D eigenvalue weighted by Gasteiger charge is -2.39. The van der Waals surface area contributed by atoms with Crippen molar-refractivity contribution in [3.05, 3.63) is 141 Å². The van der Waals surface area contributed by atoms with Crippen LogP contribution in [0.25, 0.3) is 22.5 Å². The fourth-order valence-electron chi connectivity index (χ4n) is 10.6. The van der Waals surface area contributed by atoms with E-state index >= 15 is 0 Å². The number of carbonyl (C=O) groups is 6. The highest BCUT2D eigenvalue weighted by molar-refractivity contribution is 6.31. The highest BCUT2D eigenvalue weighted by Gasteiger charge is 2.41. The molecule has 23 nitrogen and oxygen atoms in total. The molecule has 0 aliphatic carbocycles. The molecule has 27 heteroatoms. The Hall–Kier alpha value is -8.88. The van der Waals surface area contributed by atoms with E-state index in [4.69, 9.17) is 76.2 Å². The maximum Gasteiger partial charge on any atom is 0.410 e. The highest BCUT2D eigenvalue weighted by atomic mass is 35.5. The number of ketones is 2. The van der Waals surface area contributed by atoms with Gasteiger partial charge in [-0.1, -0.05) is 30.1 Å². The molecule has 4 amide bonds. The van der Waals surface area contributed by atoms with Crippen LogP contribution in [0.5, 0.6) is 34.5 Å². The summed E-state index contributed by atoms with van der Waals surface area (Å²) in [6, 6.07) is 23.9. The van der Waals surface area contributed by atoms with Crippen LogP contribution in [-0.2, 0) is 30.3 Å². The number of benzene rings is 4. The van der Waals surface area contributed by atoms with Crippen molar-refractivity contribution in [2.45, 2.75) is 103 Å². The Morgan fingerprint density at radius 3 is 1.23 bits per heavy atom. The number of β-amino-alcohol motifs (C(OH)–C–C–N with tert-alkyl or cyclic N) is 2. The summed E-state index contributed by atoms with van der Waals surface area (Å²) in [6.07, 6.45) is -0.980. The number of piperazine rings is 2. The molecule has 6 aromatic rings. The van der Waals surface area contributed by atoms with Crippen molar-refractivity contribution in [3.8, 4) is 57.0 Å². The predicted molar refractivity (Wildman–Crippen MR) is 360 cm³/mol. The van der Waals surface area contributed by atoms with Gasteiger partial charge in [-0.05, 0) is 158 Å². The van der Waals surface area contributed by atoms with E-state index < -0.39 is 58.0 Å². The monoisotopic (exact) mass is 1400 g/mol. The number of aliphatic hydroxyl groups is 3. The van der Waals surface area contributed by atoms with Gasteiger partial charge in [-0.2, -0.15) is 0 Å². The number of hydrogen-bond acceptors (Lipinski definition) is 19. The van der Waals surface area contributed by atoms with Gasteiger partial charge in [0.15, 0.2) is 34.6 Å². The normalized spacial score (nSPS) is 14.7. The minimum absolute atomic E-state index is 0.0441. The third kappa shape index (κ3) is 20.1. The number of halogens is 4. The van der Waals surface area contributed by atoms with Gasteiger partial charge in [0.1, 0.15) is 76.6 Å². The van der Waals surface area contributed by atoms with Crippen LogP contribution in [0, 0.1) is 11.6 Å². The van der Waals surface area contributed by atoms with E-state index in [-0.39, 0.29) is 136 Å². The third-order valence-electron chi connectivity index (χ3n) is 15.7. The average molecular weight is 1400 g/mol. The summed E-state index contributed by atoms with van der Waals surface area (Å²) in [6.45, 7) is 12.3. The molecule has 2 saturated heterocycles. The lowest BCUT2D eigenvalue weighted by molar-refractivity contribution is -0.141. The minimum Gasteiger partial charge on any atom is -0.494 e. The Morgan fingerprint density at radius 1 is 0.520 bits per heavy atom. The van der Waals surface area contributed by atoms with Gasteiger partial charge >= 0.3 is 12.2 Å². The summed E-state index contributed by atoms with van der Waals surface area (Å²) in [5.41, 5.74) is -2.85.